The topological polar surface area (TPSA) is 92.7 Å². The molecule has 8 nitrogen and oxygen atoms in total. The second-order valence-electron chi connectivity index (χ2n) is 11.1. The van der Waals surface area contributed by atoms with E-state index in [2.05, 4.69) is 33.8 Å². The van der Waals surface area contributed by atoms with Gasteiger partial charge >= 0.3 is 5.97 Å². The zero-order chi connectivity index (χ0) is 29.6. The van der Waals surface area contributed by atoms with E-state index < -0.39 is 24.3 Å². The molecule has 3 fully saturated rings. The predicted molar refractivity (Wildman–Crippen MR) is 162 cm³/mol. The average molecular weight is 650 g/mol. The van der Waals surface area contributed by atoms with Crippen molar-refractivity contribution in [2.24, 2.45) is 11.8 Å². The van der Waals surface area contributed by atoms with E-state index in [0.717, 1.165) is 55.2 Å². The molecule has 1 aliphatic carbocycles. The molecular formula is C33H45BrO8. The number of aliphatic hydroxyl groups excluding tert-OH is 1. The molecule has 42 heavy (non-hydrogen) atoms. The van der Waals surface area contributed by atoms with Crippen LogP contribution in [0.1, 0.15) is 70.6 Å². The van der Waals surface area contributed by atoms with Crippen LogP contribution in [-0.4, -0.2) is 62.5 Å². The molecule has 0 radical (unpaired) electrons. The minimum Gasteiger partial charge on any atom is -0.493 e. The Hall–Kier alpha value is -1.97. The third-order valence-electron chi connectivity index (χ3n) is 8.00. The summed E-state index contributed by atoms with van der Waals surface area (Å²) in [4.78, 5) is 13.1. The Bertz CT molecular complexity index is 1020. The number of esters is 1. The van der Waals surface area contributed by atoms with Crippen LogP contribution < -0.4 is 4.74 Å². The summed E-state index contributed by atoms with van der Waals surface area (Å²) in [6, 6.07) is 7.81. The Morgan fingerprint density at radius 1 is 1.02 bits per heavy atom. The van der Waals surface area contributed by atoms with Gasteiger partial charge in [0.15, 0.2) is 12.6 Å². The summed E-state index contributed by atoms with van der Waals surface area (Å²) in [6.07, 6.45) is 15.0. The number of ether oxygens (including phenoxy) is 6. The van der Waals surface area contributed by atoms with Crippen molar-refractivity contribution in [2.45, 2.75) is 95.1 Å². The fourth-order valence-corrected chi connectivity index (χ4v) is 5.93. The van der Waals surface area contributed by atoms with Gasteiger partial charge in [-0.05, 0) is 112 Å². The Morgan fingerprint density at radius 2 is 1.71 bits per heavy atom. The minimum absolute atomic E-state index is 0.102. The van der Waals surface area contributed by atoms with Crippen LogP contribution in [0.4, 0.5) is 0 Å². The summed E-state index contributed by atoms with van der Waals surface area (Å²) in [6.45, 7) is 1.76. The van der Waals surface area contributed by atoms with Crippen molar-refractivity contribution in [1.82, 2.24) is 0 Å². The van der Waals surface area contributed by atoms with Crippen molar-refractivity contribution in [1.29, 1.82) is 0 Å². The van der Waals surface area contributed by atoms with Gasteiger partial charge in [0, 0.05) is 24.1 Å². The number of hydrogen-bond acceptors (Lipinski definition) is 8. The summed E-state index contributed by atoms with van der Waals surface area (Å²) in [5.41, 5.74) is 3.20. The second-order valence-corrected chi connectivity index (χ2v) is 12.0. The molecule has 5 atom stereocenters. The standard InChI is InChI=1S/C33H45BrO8/c1-37-32(36)33(41-30-13-5-9-23-39-30,42-31-14-6-10-24-40-31)21-7-2-3-12-28-25(15-20-29(28)35)11-4-8-22-38-27-18-16-26(34)17-19-27/h3-4,7,11,16-19,25,28-31,35H,5-6,8-10,12-15,20-24H2,1H3/b11-4+/t2?,25-,28+,29-,30?,31?,33?/m0/s1. The fraction of sp³-hybridized carbons (Fsp3) is 0.636. The summed E-state index contributed by atoms with van der Waals surface area (Å²) in [5, 5.41) is 10.6. The quantitative estimate of drug-likeness (QED) is 0.0792. The van der Waals surface area contributed by atoms with Gasteiger partial charge in [-0.1, -0.05) is 28.1 Å². The van der Waals surface area contributed by atoms with Crippen LogP contribution in [0.15, 0.2) is 58.8 Å². The Kier molecular flexibility index (Phi) is 13.6. The lowest BCUT2D eigenvalue weighted by Gasteiger charge is -2.38. The molecule has 1 N–H and O–H groups in total. The van der Waals surface area contributed by atoms with Gasteiger partial charge in [0.25, 0.3) is 5.79 Å². The van der Waals surface area contributed by atoms with E-state index in [1.165, 1.54) is 7.11 Å². The van der Waals surface area contributed by atoms with Crippen LogP contribution in [-0.2, 0) is 28.5 Å². The molecule has 2 aliphatic heterocycles. The van der Waals surface area contributed by atoms with Crippen LogP contribution in [0.3, 0.4) is 0 Å². The number of carbonyl (C=O) groups excluding carboxylic acids is 1. The Balaban J connectivity index is 1.34. The molecule has 0 aromatic heterocycles. The number of aliphatic hydroxyl groups is 1. The first-order valence-electron chi connectivity index (χ1n) is 15.3. The molecule has 1 saturated carbocycles. The summed E-state index contributed by atoms with van der Waals surface area (Å²) in [7, 11) is 1.33. The number of halogens is 1. The van der Waals surface area contributed by atoms with Crippen LogP contribution in [0.25, 0.3) is 0 Å². The minimum atomic E-state index is -1.68. The normalized spacial score (nSPS) is 27.6. The van der Waals surface area contributed by atoms with Gasteiger partial charge in [-0.15, -0.1) is 5.73 Å². The zero-order valence-corrected chi connectivity index (χ0v) is 26.2. The summed E-state index contributed by atoms with van der Waals surface area (Å²) < 4.78 is 35.9. The van der Waals surface area contributed by atoms with Gasteiger partial charge in [0.2, 0.25) is 0 Å². The van der Waals surface area contributed by atoms with Crippen molar-refractivity contribution < 1.29 is 38.3 Å². The first-order chi connectivity index (χ1) is 20.5. The second kappa shape index (κ2) is 17.4. The van der Waals surface area contributed by atoms with Gasteiger partial charge in [-0.3, -0.25) is 0 Å². The number of benzene rings is 1. The van der Waals surface area contributed by atoms with E-state index in [0.29, 0.717) is 45.0 Å². The molecule has 1 aromatic carbocycles. The van der Waals surface area contributed by atoms with Gasteiger partial charge in [0.05, 0.1) is 19.8 Å². The van der Waals surface area contributed by atoms with E-state index in [4.69, 9.17) is 28.4 Å². The smallest absolute Gasteiger partial charge is 0.367 e. The molecule has 9 heteroatoms. The first kappa shape index (κ1) is 32.9. The highest BCUT2D eigenvalue weighted by atomic mass is 79.9. The highest BCUT2D eigenvalue weighted by molar-refractivity contribution is 9.10. The lowest BCUT2D eigenvalue weighted by Crippen LogP contribution is -2.51. The molecule has 0 spiro atoms. The van der Waals surface area contributed by atoms with Crippen molar-refractivity contribution in [3.63, 3.8) is 0 Å². The summed E-state index contributed by atoms with van der Waals surface area (Å²) >= 11 is 3.43. The molecule has 2 saturated heterocycles. The van der Waals surface area contributed by atoms with E-state index >= 15 is 0 Å². The molecule has 2 unspecified atom stereocenters. The third-order valence-corrected chi connectivity index (χ3v) is 8.53. The van der Waals surface area contributed by atoms with E-state index in [9.17, 15) is 9.90 Å². The van der Waals surface area contributed by atoms with Gasteiger partial charge in [0.1, 0.15) is 5.75 Å². The number of methoxy groups -OCH3 is 1. The monoisotopic (exact) mass is 648 g/mol. The van der Waals surface area contributed by atoms with E-state index in [1.807, 2.05) is 30.3 Å². The Labute approximate surface area is 258 Å². The molecular weight excluding hydrogens is 604 g/mol. The van der Waals surface area contributed by atoms with Gasteiger partial charge < -0.3 is 33.5 Å². The maximum atomic E-state index is 13.1. The van der Waals surface area contributed by atoms with Crippen LogP contribution in [0.5, 0.6) is 5.75 Å². The highest BCUT2D eigenvalue weighted by Crippen LogP contribution is 2.36. The molecule has 1 aromatic rings. The van der Waals surface area contributed by atoms with Crippen LogP contribution in [0.2, 0.25) is 0 Å². The van der Waals surface area contributed by atoms with E-state index in [-0.39, 0.29) is 18.4 Å². The maximum absolute atomic E-state index is 13.1. The van der Waals surface area contributed by atoms with Crippen LogP contribution >= 0.6 is 15.9 Å². The highest BCUT2D eigenvalue weighted by Gasteiger charge is 2.47. The fourth-order valence-electron chi connectivity index (χ4n) is 5.67. The number of carbonyl (C=O) groups is 1. The maximum Gasteiger partial charge on any atom is 0.367 e. The number of hydrogen-bond donors (Lipinski definition) is 1. The van der Waals surface area contributed by atoms with Crippen molar-refractivity contribution in [3.8, 4) is 5.75 Å². The number of rotatable bonds is 14. The predicted octanol–water partition coefficient (Wildman–Crippen LogP) is 6.61. The van der Waals surface area contributed by atoms with Gasteiger partial charge in [-0.25, -0.2) is 4.79 Å². The zero-order valence-electron chi connectivity index (χ0n) is 24.6. The Morgan fingerprint density at radius 3 is 2.33 bits per heavy atom. The molecule has 2 heterocycles. The van der Waals surface area contributed by atoms with Crippen LogP contribution in [0, 0.1) is 11.8 Å². The molecule has 0 amide bonds. The van der Waals surface area contributed by atoms with E-state index in [1.54, 1.807) is 6.08 Å². The molecule has 3 aliphatic rings. The largest absolute Gasteiger partial charge is 0.493 e. The lowest BCUT2D eigenvalue weighted by molar-refractivity contribution is -0.350. The van der Waals surface area contributed by atoms with Gasteiger partial charge in [-0.2, -0.15) is 0 Å². The van der Waals surface area contributed by atoms with Crippen molar-refractivity contribution in [2.75, 3.05) is 26.9 Å². The average Bonchev–Trinajstić information content (AvgIpc) is 3.36. The molecule has 232 valence electrons. The van der Waals surface area contributed by atoms with Crippen molar-refractivity contribution >= 4 is 21.9 Å². The third kappa shape index (κ3) is 10.1. The summed E-state index contributed by atoms with van der Waals surface area (Å²) in [5.74, 6) is -1.06. The first-order valence-corrected chi connectivity index (χ1v) is 16.1. The molecule has 0 bridgehead atoms. The number of allylic oxidation sites excluding steroid dienone is 1. The molecule has 4 rings (SSSR count). The van der Waals surface area contributed by atoms with Crippen molar-refractivity contribution in [3.05, 3.63) is 58.8 Å². The SMILES string of the molecule is COC(=O)C(CC=C=CC[C@H]1[C@@H](O)CC[C@@H]1/C=C/CCOc1ccc(Br)cc1)(OC1CCCCO1)OC1CCCCO1. The lowest BCUT2D eigenvalue weighted by atomic mass is 9.91.